The van der Waals surface area contributed by atoms with Gasteiger partial charge in [0.1, 0.15) is 0 Å². The number of halogens is 3. The third-order valence-corrected chi connectivity index (χ3v) is 6.01. The van der Waals surface area contributed by atoms with E-state index in [2.05, 4.69) is 13.8 Å². The number of benzene rings is 2. The number of nitrogens with zero attached hydrogens (tertiary/aromatic N) is 1. The Morgan fingerprint density at radius 3 is 2.50 bits per heavy atom. The van der Waals surface area contributed by atoms with Crippen molar-refractivity contribution in [3.8, 4) is 0 Å². The van der Waals surface area contributed by atoms with Crippen LogP contribution in [0.4, 0.5) is 13.2 Å². The molecular weight excluding hydrogens is 387 g/mol. The third kappa shape index (κ3) is 4.30. The Morgan fingerprint density at radius 1 is 1.07 bits per heavy atom. The first-order chi connectivity index (χ1) is 13.1. The highest BCUT2D eigenvalue weighted by molar-refractivity contribution is 7.90. The van der Waals surface area contributed by atoms with E-state index >= 15 is 0 Å². The monoisotopic (exact) mass is 407 g/mol. The number of rotatable bonds is 5. The second-order valence-electron chi connectivity index (χ2n) is 6.89. The average molecular weight is 407 g/mol. The summed E-state index contributed by atoms with van der Waals surface area (Å²) in [5.74, 6) is 0.105. The van der Waals surface area contributed by atoms with Crippen LogP contribution in [0.2, 0.25) is 0 Å². The lowest BCUT2D eigenvalue weighted by atomic mass is 10.0. The molecule has 0 unspecified atom stereocenters. The first kappa shape index (κ1) is 20.2. The zero-order chi connectivity index (χ0) is 20.5. The van der Waals surface area contributed by atoms with E-state index in [-0.39, 0.29) is 16.7 Å². The Morgan fingerprint density at radius 2 is 1.82 bits per heavy atom. The third-order valence-electron chi connectivity index (χ3n) is 4.48. The van der Waals surface area contributed by atoms with Gasteiger partial charge in [-0.15, -0.1) is 0 Å². The molecule has 2 aromatic carbocycles. The lowest BCUT2D eigenvalue weighted by molar-refractivity contribution is -0.137. The van der Waals surface area contributed by atoms with Gasteiger partial charge in [0, 0.05) is 11.6 Å². The van der Waals surface area contributed by atoms with E-state index in [1.54, 1.807) is 12.2 Å². The van der Waals surface area contributed by atoms with Gasteiger partial charge in [-0.05, 0) is 41.3 Å². The molecule has 0 saturated heterocycles. The smallest absolute Gasteiger partial charge is 0.245 e. The summed E-state index contributed by atoms with van der Waals surface area (Å²) in [6.07, 6.45) is 0.0946. The van der Waals surface area contributed by atoms with Crippen LogP contribution in [0.15, 0.2) is 60.8 Å². The second-order valence-corrected chi connectivity index (χ2v) is 8.78. The minimum absolute atomic E-state index is 0.225. The molecule has 7 heteroatoms. The summed E-state index contributed by atoms with van der Waals surface area (Å²) in [5.41, 5.74) is 1.47. The van der Waals surface area contributed by atoms with Crippen LogP contribution in [-0.2, 0) is 16.2 Å². The summed E-state index contributed by atoms with van der Waals surface area (Å²) in [6.45, 7) is 4.16. The molecular formula is C21H20F3NO2S. The van der Waals surface area contributed by atoms with Gasteiger partial charge in [-0.3, -0.25) is 0 Å². The zero-order valence-corrected chi connectivity index (χ0v) is 16.3. The van der Waals surface area contributed by atoms with Crippen LogP contribution in [0.1, 0.15) is 36.5 Å². The molecule has 0 spiro atoms. The lowest BCUT2D eigenvalue weighted by Gasteiger charge is -2.08. The van der Waals surface area contributed by atoms with Gasteiger partial charge in [0.15, 0.2) is 0 Å². The fraction of sp³-hybridized carbons (Fsp3) is 0.238. The van der Waals surface area contributed by atoms with Crippen molar-refractivity contribution in [2.45, 2.75) is 25.9 Å². The lowest BCUT2D eigenvalue weighted by Crippen LogP contribution is -2.14. The summed E-state index contributed by atoms with van der Waals surface area (Å²) >= 11 is 0. The Bertz CT molecular complexity index is 1130. The molecule has 0 aliphatic carbocycles. The SMILES string of the molecule is CC(C)c1cccc(C=CCS(=O)(=O)n2ccc3cc(C(F)(F)F)ccc32)c1. The summed E-state index contributed by atoms with van der Waals surface area (Å²) in [5, 5.41) is 0.229. The Balaban J connectivity index is 1.84. The highest BCUT2D eigenvalue weighted by Crippen LogP contribution is 2.32. The fourth-order valence-electron chi connectivity index (χ4n) is 2.94. The highest BCUT2D eigenvalue weighted by Gasteiger charge is 2.30. The molecule has 0 saturated carbocycles. The van der Waals surface area contributed by atoms with E-state index in [1.807, 2.05) is 24.3 Å². The maximum atomic E-state index is 12.8. The number of fused-ring (bicyclic) bond motifs is 1. The van der Waals surface area contributed by atoms with Crippen molar-refractivity contribution in [3.05, 3.63) is 77.5 Å². The minimum Gasteiger partial charge on any atom is -0.245 e. The van der Waals surface area contributed by atoms with Crippen LogP contribution in [-0.4, -0.2) is 18.1 Å². The van der Waals surface area contributed by atoms with E-state index in [4.69, 9.17) is 0 Å². The molecule has 1 heterocycles. The van der Waals surface area contributed by atoms with E-state index in [0.717, 1.165) is 27.2 Å². The van der Waals surface area contributed by atoms with E-state index in [1.165, 1.54) is 18.3 Å². The van der Waals surface area contributed by atoms with Gasteiger partial charge in [-0.2, -0.15) is 13.2 Å². The number of hydrogen-bond acceptors (Lipinski definition) is 2. The van der Waals surface area contributed by atoms with Crippen molar-refractivity contribution in [3.63, 3.8) is 0 Å². The van der Waals surface area contributed by atoms with Crippen molar-refractivity contribution in [2.75, 3.05) is 5.75 Å². The quantitative estimate of drug-likeness (QED) is 0.546. The van der Waals surface area contributed by atoms with E-state index < -0.39 is 21.8 Å². The highest BCUT2D eigenvalue weighted by atomic mass is 32.2. The second kappa shape index (κ2) is 7.47. The van der Waals surface area contributed by atoms with Crippen LogP contribution in [0, 0.1) is 0 Å². The standard InChI is InChI=1S/C21H20F3NO2S/c1-15(2)17-7-3-5-16(13-17)6-4-12-28(26,27)25-11-10-18-14-19(21(22,23)24)8-9-20(18)25/h3-11,13-15H,12H2,1-2H3. The molecule has 3 rings (SSSR count). The van der Waals surface area contributed by atoms with Crippen molar-refractivity contribution in [1.82, 2.24) is 3.97 Å². The largest absolute Gasteiger partial charge is 0.416 e. The molecule has 1 aromatic heterocycles. The summed E-state index contributed by atoms with van der Waals surface area (Å²) in [4.78, 5) is 0. The molecule has 0 fully saturated rings. The van der Waals surface area contributed by atoms with Gasteiger partial charge in [0.2, 0.25) is 10.0 Å². The summed E-state index contributed by atoms with van der Waals surface area (Å²) in [6, 6.07) is 12.2. The normalized spacial score (nSPS) is 13.1. The van der Waals surface area contributed by atoms with Crippen molar-refractivity contribution >= 4 is 27.0 Å². The van der Waals surface area contributed by atoms with Gasteiger partial charge in [0.25, 0.3) is 0 Å². The Hall–Kier alpha value is -2.54. The first-order valence-electron chi connectivity index (χ1n) is 8.76. The van der Waals surface area contributed by atoms with E-state index in [0.29, 0.717) is 5.92 Å². The van der Waals surface area contributed by atoms with E-state index in [9.17, 15) is 21.6 Å². The molecule has 3 nitrogen and oxygen atoms in total. The van der Waals surface area contributed by atoms with Crippen LogP contribution in [0.5, 0.6) is 0 Å². The molecule has 0 atom stereocenters. The summed E-state index contributed by atoms with van der Waals surface area (Å²) < 4.78 is 64.8. The molecule has 0 radical (unpaired) electrons. The van der Waals surface area contributed by atoms with Gasteiger partial charge >= 0.3 is 6.18 Å². The number of aromatic nitrogens is 1. The van der Waals surface area contributed by atoms with Gasteiger partial charge < -0.3 is 0 Å². The molecule has 0 amide bonds. The predicted octanol–water partition coefficient (Wildman–Crippen LogP) is 5.67. The zero-order valence-electron chi connectivity index (χ0n) is 15.4. The Kier molecular flexibility index (Phi) is 5.39. The molecule has 28 heavy (non-hydrogen) atoms. The van der Waals surface area contributed by atoms with Crippen molar-refractivity contribution in [1.29, 1.82) is 0 Å². The molecule has 0 N–H and O–H groups in total. The van der Waals surface area contributed by atoms with Gasteiger partial charge in [-0.25, -0.2) is 12.4 Å². The molecule has 0 aliphatic heterocycles. The van der Waals surface area contributed by atoms with Crippen molar-refractivity contribution in [2.24, 2.45) is 0 Å². The number of alkyl halides is 3. The maximum Gasteiger partial charge on any atom is 0.416 e. The van der Waals surface area contributed by atoms with Crippen LogP contribution in [0.25, 0.3) is 17.0 Å². The van der Waals surface area contributed by atoms with Crippen LogP contribution >= 0.6 is 0 Å². The molecule has 0 aliphatic rings. The molecule has 0 bridgehead atoms. The topological polar surface area (TPSA) is 39.1 Å². The Labute approximate surface area is 162 Å². The predicted molar refractivity (Wildman–Crippen MR) is 106 cm³/mol. The fourth-order valence-corrected chi connectivity index (χ4v) is 4.16. The first-order valence-corrected chi connectivity index (χ1v) is 10.4. The maximum absolute atomic E-state index is 12.8. The number of hydrogen-bond donors (Lipinski definition) is 0. The van der Waals surface area contributed by atoms with Crippen LogP contribution in [0.3, 0.4) is 0 Å². The molecule has 3 aromatic rings. The molecule has 148 valence electrons. The minimum atomic E-state index is -4.47. The van der Waals surface area contributed by atoms with Gasteiger partial charge in [0.05, 0.1) is 16.8 Å². The average Bonchev–Trinajstić information content (AvgIpc) is 3.05. The van der Waals surface area contributed by atoms with Gasteiger partial charge in [-0.1, -0.05) is 50.3 Å². The van der Waals surface area contributed by atoms with Crippen LogP contribution < -0.4 is 0 Å². The van der Waals surface area contributed by atoms with Crippen molar-refractivity contribution < 1.29 is 21.6 Å². The summed E-state index contributed by atoms with van der Waals surface area (Å²) in [7, 11) is -3.74.